The number of rotatable bonds is 2. The van der Waals surface area contributed by atoms with E-state index in [0.717, 1.165) is 0 Å². The van der Waals surface area contributed by atoms with Crippen molar-refractivity contribution in [2.24, 2.45) is 0 Å². The predicted octanol–water partition coefficient (Wildman–Crippen LogP) is 1.73. The third-order valence-corrected chi connectivity index (χ3v) is 2.20. The Morgan fingerprint density at radius 2 is 2.06 bits per heavy atom. The Morgan fingerprint density at radius 3 is 2.69 bits per heavy atom. The summed E-state index contributed by atoms with van der Waals surface area (Å²) in [5.74, 6) is 1.33. The average Bonchev–Trinajstić information content (AvgIpc) is 2.29. The molecule has 0 saturated heterocycles. The van der Waals surface area contributed by atoms with E-state index in [1.54, 1.807) is 18.3 Å². The quantitative estimate of drug-likeness (QED) is 0.858. The molecule has 16 heavy (non-hydrogen) atoms. The van der Waals surface area contributed by atoms with E-state index in [1.807, 2.05) is 6.92 Å². The van der Waals surface area contributed by atoms with Crippen LogP contribution in [0.1, 0.15) is 12.7 Å². The minimum absolute atomic E-state index is 0.207. The van der Waals surface area contributed by atoms with Gasteiger partial charge in [0, 0.05) is 12.6 Å². The van der Waals surface area contributed by atoms with Gasteiger partial charge in [-0.2, -0.15) is 9.97 Å². The van der Waals surface area contributed by atoms with Crippen molar-refractivity contribution in [3.8, 4) is 11.5 Å². The molecule has 2 aromatic rings. The van der Waals surface area contributed by atoms with Gasteiger partial charge < -0.3 is 5.73 Å². The molecule has 0 radical (unpaired) electrons. The number of anilines is 1. The third kappa shape index (κ3) is 2.25. The van der Waals surface area contributed by atoms with Gasteiger partial charge in [0.15, 0.2) is 5.82 Å². The van der Waals surface area contributed by atoms with Crippen molar-refractivity contribution in [1.29, 1.82) is 0 Å². The van der Waals surface area contributed by atoms with E-state index in [2.05, 4.69) is 19.9 Å². The SMILES string of the molecule is CCc1nc(N)nc(-c2ccc(Cl)cn2)n1. The fourth-order valence-corrected chi connectivity index (χ4v) is 1.33. The van der Waals surface area contributed by atoms with E-state index >= 15 is 0 Å². The lowest BCUT2D eigenvalue weighted by Gasteiger charge is -2.02. The second-order valence-electron chi connectivity index (χ2n) is 3.15. The zero-order valence-corrected chi connectivity index (χ0v) is 9.44. The molecule has 0 aromatic carbocycles. The van der Waals surface area contributed by atoms with Gasteiger partial charge >= 0.3 is 0 Å². The smallest absolute Gasteiger partial charge is 0.223 e. The van der Waals surface area contributed by atoms with Crippen LogP contribution >= 0.6 is 11.6 Å². The first-order valence-electron chi connectivity index (χ1n) is 4.81. The number of nitrogen functional groups attached to an aromatic ring is 1. The first-order chi connectivity index (χ1) is 7.69. The average molecular weight is 236 g/mol. The van der Waals surface area contributed by atoms with Gasteiger partial charge in [-0.3, -0.25) is 4.98 Å². The second kappa shape index (κ2) is 4.40. The predicted molar refractivity (Wildman–Crippen MR) is 61.9 cm³/mol. The number of aryl methyl sites for hydroxylation is 1. The highest BCUT2D eigenvalue weighted by Gasteiger charge is 2.06. The Kier molecular flexibility index (Phi) is 2.96. The molecule has 2 aromatic heterocycles. The molecule has 0 aliphatic carbocycles. The second-order valence-corrected chi connectivity index (χ2v) is 3.59. The van der Waals surface area contributed by atoms with Crippen molar-refractivity contribution in [3.05, 3.63) is 29.2 Å². The maximum atomic E-state index is 5.75. The van der Waals surface area contributed by atoms with Gasteiger partial charge in [-0.25, -0.2) is 4.98 Å². The van der Waals surface area contributed by atoms with Crippen molar-refractivity contribution < 1.29 is 0 Å². The van der Waals surface area contributed by atoms with Crippen LogP contribution in [0.4, 0.5) is 5.95 Å². The van der Waals surface area contributed by atoms with Crippen LogP contribution < -0.4 is 5.73 Å². The van der Waals surface area contributed by atoms with Crippen LogP contribution in [0.2, 0.25) is 5.02 Å². The van der Waals surface area contributed by atoms with Crippen LogP contribution in [0.25, 0.3) is 11.5 Å². The molecule has 0 atom stereocenters. The fraction of sp³-hybridized carbons (Fsp3) is 0.200. The summed E-state index contributed by atoms with van der Waals surface area (Å²) in [6.07, 6.45) is 2.25. The van der Waals surface area contributed by atoms with Gasteiger partial charge in [-0.05, 0) is 12.1 Å². The Bertz CT molecular complexity index is 497. The number of nitrogens with two attached hydrogens (primary N) is 1. The molecular formula is C10H10ClN5. The third-order valence-electron chi connectivity index (χ3n) is 1.97. The molecule has 2 rings (SSSR count). The zero-order chi connectivity index (χ0) is 11.5. The number of hydrogen-bond acceptors (Lipinski definition) is 5. The number of halogens is 1. The van der Waals surface area contributed by atoms with E-state index in [9.17, 15) is 0 Å². The van der Waals surface area contributed by atoms with E-state index < -0.39 is 0 Å². The van der Waals surface area contributed by atoms with Gasteiger partial charge in [-0.1, -0.05) is 18.5 Å². The van der Waals surface area contributed by atoms with Crippen LogP contribution in [0.5, 0.6) is 0 Å². The summed E-state index contributed by atoms with van der Waals surface area (Å²) in [4.78, 5) is 16.4. The zero-order valence-electron chi connectivity index (χ0n) is 8.68. The molecule has 5 nitrogen and oxygen atoms in total. The van der Waals surface area contributed by atoms with Crippen molar-refractivity contribution in [3.63, 3.8) is 0 Å². The van der Waals surface area contributed by atoms with Gasteiger partial charge in [0.25, 0.3) is 0 Å². The Morgan fingerprint density at radius 1 is 1.25 bits per heavy atom. The molecule has 0 fully saturated rings. The molecule has 82 valence electrons. The van der Waals surface area contributed by atoms with Crippen molar-refractivity contribution in [2.75, 3.05) is 5.73 Å². The Balaban J connectivity index is 2.47. The van der Waals surface area contributed by atoms with Gasteiger partial charge in [0.1, 0.15) is 11.5 Å². The summed E-state index contributed by atoms with van der Waals surface area (Å²) in [7, 11) is 0. The summed E-state index contributed by atoms with van der Waals surface area (Å²) in [5.41, 5.74) is 6.22. The summed E-state index contributed by atoms with van der Waals surface area (Å²) in [6.45, 7) is 1.95. The van der Waals surface area contributed by atoms with Crippen molar-refractivity contribution in [1.82, 2.24) is 19.9 Å². The molecule has 0 saturated carbocycles. The standard InChI is InChI=1S/C10H10ClN5/c1-2-8-14-9(16-10(12)15-8)7-4-3-6(11)5-13-7/h3-5H,2H2,1H3,(H2,12,14,15,16). The molecule has 2 N–H and O–H groups in total. The van der Waals surface area contributed by atoms with E-state index in [4.69, 9.17) is 17.3 Å². The van der Waals surface area contributed by atoms with Crippen LogP contribution in [0.15, 0.2) is 18.3 Å². The van der Waals surface area contributed by atoms with Crippen molar-refractivity contribution in [2.45, 2.75) is 13.3 Å². The van der Waals surface area contributed by atoms with E-state index in [0.29, 0.717) is 28.8 Å². The normalized spacial score (nSPS) is 10.4. The first-order valence-corrected chi connectivity index (χ1v) is 5.19. The molecule has 2 heterocycles. The van der Waals surface area contributed by atoms with Gasteiger partial charge in [0.05, 0.1) is 5.02 Å². The first kappa shape index (κ1) is 10.8. The molecule has 0 bridgehead atoms. The maximum absolute atomic E-state index is 5.75. The fourth-order valence-electron chi connectivity index (χ4n) is 1.22. The minimum Gasteiger partial charge on any atom is -0.368 e. The molecular weight excluding hydrogens is 226 g/mol. The van der Waals surface area contributed by atoms with Crippen LogP contribution in [0.3, 0.4) is 0 Å². The summed E-state index contributed by atoms with van der Waals surface area (Å²) in [6, 6.07) is 3.48. The monoisotopic (exact) mass is 235 g/mol. The van der Waals surface area contributed by atoms with Crippen LogP contribution in [-0.4, -0.2) is 19.9 Å². The molecule has 6 heteroatoms. The number of aromatic nitrogens is 4. The van der Waals surface area contributed by atoms with Crippen LogP contribution in [-0.2, 0) is 6.42 Å². The molecule has 0 amide bonds. The van der Waals surface area contributed by atoms with Crippen molar-refractivity contribution >= 4 is 17.5 Å². The van der Waals surface area contributed by atoms with E-state index in [-0.39, 0.29) is 5.95 Å². The summed E-state index contributed by atoms with van der Waals surface area (Å²) < 4.78 is 0. The number of nitrogens with zero attached hydrogens (tertiary/aromatic N) is 4. The lowest BCUT2D eigenvalue weighted by atomic mass is 10.3. The van der Waals surface area contributed by atoms with E-state index in [1.165, 1.54) is 0 Å². The topological polar surface area (TPSA) is 77.6 Å². The summed E-state index contributed by atoms with van der Waals surface area (Å²) in [5, 5.41) is 0.571. The lowest BCUT2D eigenvalue weighted by Crippen LogP contribution is -2.04. The molecule has 0 aliphatic rings. The minimum atomic E-state index is 0.207. The van der Waals surface area contributed by atoms with Gasteiger partial charge in [0.2, 0.25) is 5.95 Å². The molecule has 0 unspecified atom stereocenters. The number of hydrogen-bond donors (Lipinski definition) is 1. The number of pyridine rings is 1. The highest BCUT2D eigenvalue weighted by molar-refractivity contribution is 6.30. The highest BCUT2D eigenvalue weighted by Crippen LogP contribution is 2.15. The molecule has 0 spiro atoms. The molecule has 0 aliphatic heterocycles. The highest BCUT2D eigenvalue weighted by atomic mass is 35.5. The largest absolute Gasteiger partial charge is 0.368 e. The van der Waals surface area contributed by atoms with Crippen LogP contribution in [0, 0.1) is 0 Å². The van der Waals surface area contributed by atoms with Gasteiger partial charge in [-0.15, -0.1) is 0 Å². The maximum Gasteiger partial charge on any atom is 0.223 e. The lowest BCUT2D eigenvalue weighted by molar-refractivity contribution is 0.909. The Labute approximate surface area is 97.7 Å². The summed E-state index contributed by atoms with van der Waals surface area (Å²) >= 11 is 5.75. The Hall–Kier alpha value is -1.75.